The molecular formula is C6H16N2O4. The van der Waals surface area contributed by atoms with Gasteiger partial charge in [0, 0.05) is 6.54 Å². The summed E-state index contributed by atoms with van der Waals surface area (Å²) in [5.41, 5.74) is 2.14. The number of aliphatic hydroxyl groups is 4. The zero-order valence-electron chi connectivity index (χ0n) is 6.88. The van der Waals surface area contributed by atoms with Crippen molar-refractivity contribution in [2.24, 2.45) is 5.84 Å². The van der Waals surface area contributed by atoms with E-state index in [9.17, 15) is 0 Å². The van der Waals surface area contributed by atoms with Crippen molar-refractivity contribution in [3.05, 3.63) is 0 Å². The van der Waals surface area contributed by atoms with E-state index in [0.717, 1.165) is 0 Å². The summed E-state index contributed by atoms with van der Waals surface area (Å²) in [6.45, 7) is 1.27. The number of hydrogen-bond acceptors (Lipinski definition) is 6. The van der Waals surface area contributed by atoms with Crippen molar-refractivity contribution in [3.63, 3.8) is 0 Å². The van der Waals surface area contributed by atoms with Crippen molar-refractivity contribution in [2.75, 3.05) is 6.54 Å². The molecule has 0 heterocycles. The molecule has 74 valence electrons. The summed E-state index contributed by atoms with van der Waals surface area (Å²) in [6, 6.07) is 0. The summed E-state index contributed by atoms with van der Waals surface area (Å²) in [5.74, 6) is 4.88. The molecule has 0 radical (unpaired) electrons. The fraction of sp³-hybridized carbons (Fsp3) is 1.00. The van der Waals surface area contributed by atoms with E-state index in [1.807, 2.05) is 0 Å². The molecule has 0 saturated carbocycles. The Kier molecular flexibility index (Phi) is 5.31. The molecule has 0 aromatic carbocycles. The van der Waals surface area contributed by atoms with E-state index in [4.69, 9.17) is 26.3 Å². The predicted octanol–water partition coefficient (Wildman–Crippen LogP) is -3.09. The van der Waals surface area contributed by atoms with Gasteiger partial charge in [0.25, 0.3) is 0 Å². The first-order chi connectivity index (χ1) is 5.50. The molecule has 0 saturated heterocycles. The highest BCUT2D eigenvalue weighted by molar-refractivity contribution is 4.79. The standard InChI is InChI=1S/C6H16N2O4/c1-3(9)5(11)6(12)4(10)2-8-7/h3-6,8-12H,2,7H2,1H3. The highest BCUT2D eigenvalue weighted by Crippen LogP contribution is 2.03. The second-order valence-electron chi connectivity index (χ2n) is 2.70. The van der Waals surface area contributed by atoms with E-state index in [0.29, 0.717) is 0 Å². The summed E-state index contributed by atoms with van der Waals surface area (Å²) in [4.78, 5) is 0. The molecule has 4 atom stereocenters. The number of hydrogen-bond donors (Lipinski definition) is 6. The van der Waals surface area contributed by atoms with Crippen LogP contribution in [-0.4, -0.2) is 51.4 Å². The van der Waals surface area contributed by atoms with Crippen LogP contribution < -0.4 is 11.3 Å². The monoisotopic (exact) mass is 180 g/mol. The predicted molar refractivity (Wildman–Crippen MR) is 41.9 cm³/mol. The van der Waals surface area contributed by atoms with Gasteiger partial charge in [-0.25, -0.2) is 0 Å². The number of nitrogens with one attached hydrogen (secondary N) is 1. The van der Waals surface area contributed by atoms with Gasteiger partial charge in [-0.2, -0.15) is 0 Å². The molecule has 0 aliphatic carbocycles. The van der Waals surface area contributed by atoms with Crippen molar-refractivity contribution in [1.82, 2.24) is 5.43 Å². The fourth-order valence-electron chi connectivity index (χ4n) is 0.754. The van der Waals surface area contributed by atoms with Crippen molar-refractivity contribution < 1.29 is 20.4 Å². The first kappa shape index (κ1) is 11.8. The second-order valence-corrected chi connectivity index (χ2v) is 2.70. The van der Waals surface area contributed by atoms with Crippen LogP contribution in [-0.2, 0) is 0 Å². The van der Waals surface area contributed by atoms with Gasteiger partial charge < -0.3 is 20.4 Å². The first-order valence-electron chi connectivity index (χ1n) is 3.66. The van der Waals surface area contributed by atoms with E-state index in [2.05, 4.69) is 5.43 Å². The van der Waals surface area contributed by atoms with Crippen molar-refractivity contribution in [1.29, 1.82) is 0 Å². The lowest BCUT2D eigenvalue weighted by Crippen LogP contribution is -2.48. The third-order valence-electron chi connectivity index (χ3n) is 1.57. The number of nitrogens with two attached hydrogens (primary N) is 1. The van der Waals surface area contributed by atoms with Crippen molar-refractivity contribution >= 4 is 0 Å². The minimum Gasteiger partial charge on any atom is -0.391 e. The van der Waals surface area contributed by atoms with Gasteiger partial charge in [0.15, 0.2) is 0 Å². The quantitative estimate of drug-likeness (QED) is 0.197. The molecule has 0 aromatic heterocycles. The summed E-state index contributed by atoms with van der Waals surface area (Å²) in [5, 5.41) is 36.1. The summed E-state index contributed by atoms with van der Waals surface area (Å²) in [7, 11) is 0. The van der Waals surface area contributed by atoms with Crippen LogP contribution in [0.1, 0.15) is 6.92 Å². The molecule has 7 N–H and O–H groups in total. The lowest BCUT2D eigenvalue weighted by molar-refractivity contribution is -0.0986. The van der Waals surface area contributed by atoms with Crippen LogP contribution >= 0.6 is 0 Å². The Bertz CT molecular complexity index is 122. The number of hydrazine groups is 1. The molecule has 12 heavy (non-hydrogen) atoms. The van der Waals surface area contributed by atoms with E-state index in [1.165, 1.54) is 6.92 Å². The molecule has 4 unspecified atom stereocenters. The number of rotatable bonds is 5. The van der Waals surface area contributed by atoms with Gasteiger partial charge in [-0.3, -0.25) is 11.3 Å². The Morgan fingerprint density at radius 1 is 1.17 bits per heavy atom. The van der Waals surface area contributed by atoms with Crippen LogP contribution in [0.5, 0.6) is 0 Å². The second kappa shape index (κ2) is 5.41. The van der Waals surface area contributed by atoms with Crippen LogP contribution in [0, 0.1) is 0 Å². The van der Waals surface area contributed by atoms with Crippen molar-refractivity contribution in [2.45, 2.75) is 31.3 Å². The lowest BCUT2D eigenvalue weighted by Gasteiger charge is -2.24. The van der Waals surface area contributed by atoms with E-state index >= 15 is 0 Å². The molecule has 0 fully saturated rings. The molecule has 0 spiro atoms. The first-order valence-corrected chi connectivity index (χ1v) is 3.66. The average molecular weight is 180 g/mol. The van der Waals surface area contributed by atoms with Gasteiger partial charge in [-0.05, 0) is 6.92 Å². The molecule has 6 heteroatoms. The maximum Gasteiger partial charge on any atom is 0.110 e. The van der Waals surface area contributed by atoms with Gasteiger partial charge in [0.1, 0.15) is 12.2 Å². The molecule has 0 aliphatic rings. The van der Waals surface area contributed by atoms with Gasteiger partial charge in [-0.15, -0.1) is 0 Å². The Morgan fingerprint density at radius 3 is 2.00 bits per heavy atom. The van der Waals surface area contributed by atoms with Crippen LogP contribution in [0.15, 0.2) is 0 Å². The van der Waals surface area contributed by atoms with Crippen LogP contribution in [0.2, 0.25) is 0 Å². The van der Waals surface area contributed by atoms with Gasteiger partial charge in [0.2, 0.25) is 0 Å². The molecule has 0 aliphatic heterocycles. The summed E-state index contributed by atoms with van der Waals surface area (Å²) < 4.78 is 0. The Labute approximate surface area is 70.6 Å². The maximum atomic E-state index is 9.13. The topological polar surface area (TPSA) is 119 Å². The third-order valence-corrected chi connectivity index (χ3v) is 1.57. The number of aliphatic hydroxyl groups excluding tert-OH is 4. The Hall–Kier alpha value is -0.240. The Balaban J connectivity index is 3.90. The zero-order chi connectivity index (χ0) is 9.72. The smallest absolute Gasteiger partial charge is 0.110 e. The van der Waals surface area contributed by atoms with Gasteiger partial charge >= 0.3 is 0 Å². The molecule has 0 rings (SSSR count). The molecule has 0 amide bonds. The SMILES string of the molecule is CC(O)C(O)C(O)C(O)CNN. The highest BCUT2D eigenvalue weighted by Gasteiger charge is 2.27. The third kappa shape index (κ3) is 3.44. The maximum absolute atomic E-state index is 9.13. The van der Waals surface area contributed by atoms with Crippen LogP contribution in [0.4, 0.5) is 0 Å². The zero-order valence-corrected chi connectivity index (χ0v) is 6.88. The van der Waals surface area contributed by atoms with E-state index in [1.54, 1.807) is 0 Å². The van der Waals surface area contributed by atoms with E-state index in [-0.39, 0.29) is 6.54 Å². The Morgan fingerprint density at radius 2 is 1.67 bits per heavy atom. The highest BCUT2D eigenvalue weighted by atomic mass is 16.4. The average Bonchev–Trinajstić information content (AvgIpc) is 2.02. The normalized spacial score (nSPS) is 21.5. The molecule has 6 nitrogen and oxygen atoms in total. The summed E-state index contributed by atoms with van der Waals surface area (Å²) >= 11 is 0. The van der Waals surface area contributed by atoms with Gasteiger partial charge in [0.05, 0.1) is 12.2 Å². The van der Waals surface area contributed by atoms with Crippen molar-refractivity contribution in [3.8, 4) is 0 Å². The largest absolute Gasteiger partial charge is 0.391 e. The minimum absolute atomic E-state index is 0.0506. The van der Waals surface area contributed by atoms with Gasteiger partial charge in [-0.1, -0.05) is 0 Å². The lowest BCUT2D eigenvalue weighted by atomic mass is 10.0. The van der Waals surface area contributed by atoms with Crippen LogP contribution in [0.3, 0.4) is 0 Å². The van der Waals surface area contributed by atoms with E-state index < -0.39 is 24.4 Å². The van der Waals surface area contributed by atoms with Crippen LogP contribution in [0.25, 0.3) is 0 Å². The minimum atomic E-state index is -1.40. The molecule has 0 aromatic rings. The molecule has 0 bridgehead atoms. The molecular weight excluding hydrogens is 164 g/mol. The summed E-state index contributed by atoms with van der Waals surface area (Å²) in [6.07, 6.45) is -5.05. The fourth-order valence-corrected chi connectivity index (χ4v) is 0.754.